The van der Waals surface area contributed by atoms with Crippen LogP contribution in [0.1, 0.15) is 32.0 Å². The van der Waals surface area contributed by atoms with E-state index in [0.717, 1.165) is 36.6 Å². The summed E-state index contributed by atoms with van der Waals surface area (Å²) in [4.78, 5) is 16.8. The number of rotatable bonds is 4. The van der Waals surface area contributed by atoms with E-state index in [0.29, 0.717) is 5.82 Å². The van der Waals surface area contributed by atoms with Crippen LogP contribution in [0.2, 0.25) is 0 Å². The molecule has 0 bridgehead atoms. The van der Waals surface area contributed by atoms with Crippen LogP contribution in [-0.2, 0) is 4.79 Å². The number of hydrogen-bond acceptors (Lipinski definition) is 4. The second-order valence-electron chi connectivity index (χ2n) is 5.92. The van der Waals surface area contributed by atoms with Gasteiger partial charge in [0.15, 0.2) is 5.82 Å². The molecule has 0 aliphatic carbocycles. The predicted octanol–water partition coefficient (Wildman–Crippen LogP) is 2.56. The first-order valence-corrected chi connectivity index (χ1v) is 7.68. The Kier molecular flexibility index (Phi) is 5.74. The maximum absolute atomic E-state index is 12.3. The maximum Gasteiger partial charge on any atom is 0.228 e. The molecule has 23 heavy (non-hydrogen) atoms. The molecule has 1 atom stereocenters. The fourth-order valence-corrected chi connectivity index (χ4v) is 2.55. The third-order valence-electron chi connectivity index (χ3n) is 3.91. The summed E-state index contributed by atoms with van der Waals surface area (Å²) in [5, 5.41) is 13.5. The number of carbonyl (C=O) groups excluding carboxylic acids is 1. The molecule has 1 amide bonds. The SMILES string of the molecule is CC(C)c1nc(-c2ccccc2NC(=O)C2CCNC2)n[nH]1.Cl. The fraction of sp³-hybridized carbons (Fsp3) is 0.438. The van der Waals surface area contributed by atoms with Crippen LogP contribution in [0.5, 0.6) is 0 Å². The van der Waals surface area contributed by atoms with Crippen molar-refractivity contribution in [1.29, 1.82) is 0 Å². The lowest BCUT2D eigenvalue weighted by Crippen LogP contribution is -2.24. The first-order chi connectivity index (χ1) is 10.6. The molecule has 7 heteroatoms. The summed E-state index contributed by atoms with van der Waals surface area (Å²) in [5.74, 6) is 1.83. The van der Waals surface area contributed by atoms with Gasteiger partial charge in [-0.2, -0.15) is 5.10 Å². The van der Waals surface area contributed by atoms with Crippen LogP contribution < -0.4 is 10.6 Å². The molecule has 1 aliphatic heterocycles. The molecule has 3 rings (SSSR count). The standard InChI is InChI=1S/C16H21N5O.ClH/c1-10(2)14-19-15(21-20-14)12-5-3-4-6-13(12)18-16(22)11-7-8-17-9-11;/h3-6,10-11,17H,7-9H2,1-2H3,(H,18,22)(H,19,20,21);1H. The number of benzene rings is 1. The molecule has 0 radical (unpaired) electrons. The molecule has 3 N–H and O–H groups in total. The Morgan fingerprint density at radius 3 is 2.78 bits per heavy atom. The summed E-state index contributed by atoms with van der Waals surface area (Å²) in [6.07, 6.45) is 0.881. The number of carbonyl (C=O) groups is 1. The van der Waals surface area contributed by atoms with E-state index in [1.165, 1.54) is 0 Å². The van der Waals surface area contributed by atoms with Gasteiger partial charge < -0.3 is 10.6 Å². The van der Waals surface area contributed by atoms with Crippen LogP contribution in [0, 0.1) is 5.92 Å². The molecule has 1 saturated heterocycles. The topological polar surface area (TPSA) is 82.7 Å². The summed E-state index contributed by atoms with van der Waals surface area (Å²) in [6, 6.07) is 7.65. The van der Waals surface area contributed by atoms with Crippen molar-refractivity contribution in [2.45, 2.75) is 26.2 Å². The Morgan fingerprint density at radius 1 is 1.35 bits per heavy atom. The summed E-state index contributed by atoms with van der Waals surface area (Å²) in [5.41, 5.74) is 1.60. The van der Waals surface area contributed by atoms with Crippen molar-refractivity contribution < 1.29 is 4.79 Å². The molecule has 1 aliphatic rings. The monoisotopic (exact) mass is 335 g/mol. The lowest BCUT2D eigenvalue weighted by atomic mass is 10.1. The van der Waals surface area contributed by atoms with Gasteiger partial charge in [-0.05, 0) is 25.1 Å². The summed E-state index contributed by atoms with van der Waals surface area (Å²) in [6.45, 7) is 5.76. The highest BCUT2D eigenvalue weighted by Crippen LogP contribution is 2.26. The van der Waals surface area contributed by atoms with Crippen molar-refractivity contribution in [2.75, 3.05) is 18.4 Å². The molecule has 1 fully saturated rings. The number of amides is 1. The highest BCUT2D eigenvalue weighted by atomic mass is 35.5. The minimum absolute atomic E-state index is 0. The normalized spacial score (nSPS) is 17.1. The maximum atomic E-state index is 12.3. The molecule has 0 spiro atoms. The van der Waals surface area contributed by atoms with E-state index in [1.54, 1.807) is 0 Å². The predicted molar refractivity (Wildman–Crippen MR) is 92.8 cm³/mol. The first-order valence-electron chi connectivity index (χ1n) is 7.68. The third-order valence-corrected chi connectivity index (χ3v) is 3.91. The van der Waals surface area contributed by atoms with Crippen molar-refractivity contribution in [2.24, 2.45) is 5.92 Å². The molecule has 124 valence electrons. The highest BCUT2D eigenvalue weighted by Gasteiger charge is 2.23. The summed E-state index contributed by atoms with van der Waals surface area (Å²) in [7, 11) is 0. The Bertz CT molecular complexity index is 664. The van der Waals surface area contributed by atoms with E-state index in [9.17, 15) is 4.79 Å². The number of anilines is 1. The molecular weight excluding hydrogens is 314 g/mol. The van der Waals surface area contributed by atoms with Crippen molar-refractivity contribution in [3.63, 3.8) is 0 Å². The number of halogens is 1. The van der Waals surface area contributed by atoms with E-state index in [2.05, 4.69) is 39.7 Å². The van der Waals surface area contributed by atoms with Crippen LogP contribution in [-0.4, -0.2) is 34.2 Å². The van der Waals surface area contributed by atoms with Crippen LogP contribution in [0.3, 0.4) is 0 Å². The number of aromatic amines is 1. The Morgan fingerprint density at radius 2 is 2.13 bits per heavy atom. The smallest absolute Gasteiger partial charge is 0.228 e. The molecule has 1 aromatic heterocycles. The quantitative estimate of drug-likeness (QED) is 0.802. The van der Waals surface area contributed by atoms with E-state index >= 15 is 0 Å². The molecule has 2 aromatic rings. The second-order valence-corrected chi connectivity index (χ2v) is 5.92. The zero-order valence-corrected chi connectivity index (χ0v) is 14.1. The van der Waals surface area contributed by atoms with Crippen LogP contribution in [0.15, 0.2) is 24.3 Å². The van der Waals surface area contributed by atoms with Gasteiger partial charge in [0.05, 0.1) is 11.6 Å². The van der Waals surface area contributed by atoms with Gasteiger partial charge in [-0.25, -0.2) is 4.98 Å². The van der Waals surface area contributed by atoms with E-state index in [4.69, 9.17) is 0 Å². The average Bonchev–Trinajstić information content (AvgIpc) is 3.19. The lowest BCUT2D eigenvalue weighted by molar-refractivity contribution is -0.119. The minimum atomic E-state index is 0. The second kappa shape index (κ2) is 7.57. The number of aromatic nitrogens is 3. The number of nitrogens with one attached hydrogen (secondary N) is 3. The number of hydrogen-bond donors (Lipinski definition) is 3. The minimum Gasteiger partial charge on any atom is -0.325 e. The molecule has 2 heterocycles. The first kappa shape index (κ1) is 17.4. The van der Waals surface area contributed by atoms with Crippen LogP contribution >= 0.6 is 12.4 Å². The largest absolute Gasteiger partial charge is 0.325 e. The van der Waals surface area contributed by atoms with Crippen LogP contribution in [0.4, 0.5) is 5.69 Å². The fourth-order valence-electron chi connectivity index (χ4n) is 2.55. The summed E-state index contributed by atoms with van der Waals surface area (Å²) < 4.78 is 0. The average molecular weight is 336 g/mol. The Labute approximate surface area is 141 Å². The Hall–Kier alpha value is -1.92. The van der Waals surface area contributed by atoms with Gasteiger partial charge in [0, 0.05) is 18.0 Å². The number of nitrogens with zero attached hydrogens (tertiary/aromatic N) is 2. The molecule has 6 nitrogen and oxygen atoms in total. The van der Waals surface area contributed by atoms with Gasteiger partial charge in [-0.15, -0.1) is 12.4 Å². The van der Waals surface area contributed by atoms with Gasteiger partial charge in [0.25, 0.3) is 0 Å². The van der Waals surface area contributed by atoms with Gasteiger partial charge in [0.2, 0.25) is 5.91 Å². The van der Waals surface area contributed by atoms with Crippen molar-refractivity contribution in [1.82, 2.24) is 20.5 Å². The zero-order chi connectivity index (χ0) is 15.5. The van der Waals surface area contributed by atoms with Gasteiger partial charge in [-0.3, -0.25) is 9.89 Å². The van der Waals surface area contributed by atoms with E-state index in [-0.39, 0.29) is 30.2 Å². The highest BCUT2D eigenvalue weighted by molar-refractivity contribution is 5.96. The van der Waals surface area contributed by atoms with E-state index < -0.39 is 0 Å². The Balaban J connectivity index is 0.00000192. The zero-order valence-electron chi connectivity index (χ0n) is 13.3. The number of H-pyrrole nitrogens is 1. The molecular formula is C16H22ClN5O. The molecule has 1 aromatic carbocycles. The van der Waals surface area contributed by atoms with Gasteiger partial charge >= 0.3 is 0 Å². The van der Waals surface area contributed by atoms with Crippen LogP contribution in [0.25, 0.3) is 11.4 Å². The molecule has 1 unspecified atom stereocenters. The van der Waals surface area contributed by atoms with Gasteiger partial charge in [0.1, 0.15) is 5.82 Å². The van der Waals surface area contributed by atoms with Crippen molar-refractivity contribution >= 4 is 24.0 Å². The van der Waals surface area contributed by atoms with Crippen molar-refractivity contribution in [3.8, 4) is 11.4 Å². The molecule has 0 saturated carbocycles. The lowest BCUT2D eigenvalue weighted by Gasteiger charge is -2.12. The van der Waals surface area contributed by atoms with Crippen molar-refractivity contribution in [3.05, 3.63) is 30.1 Å². The third kappa shape index (κ3) is 3.89. The summed E-state index contributed by atoms with van der Waals surface area (Å²) >= 11 is 0. The van der Waals surface area contributed by atoms with Gasteiger partial charge in [-0.1, -0.05) is 26.0 Å². The number of para-hydroxylation sites is 1. The van der Waals surface area contributed by atoms with E-state index in [1.807, 2.05) is 24.3 Å².